The molecule has 1 amide bonds. The van der Waals surface area contributed by atoms with Gasteiger partial charge in [-0.3, -0.25) is 5.32 Å². The third-order valence-electron chi connectivity index (χ3n) is 1.14. The molecule has 0 aliphatic rings. The van der Waals surface area contributed by atoms with Crippen molar-refractivity contribution in [3.63, 3.8) is 0 Å². The maximum absolute atomic E-state index is 10.8. The molecule has 0 atom stereocenters. The minimum Gasteiger partial charge on any atom is -0.461 e. The lowest BCUT2D eigenvalue weighted by molar-refractivity contribution is 0.187. The minimum atomic E-state index is -0.638. The van der Waals surface area contributed by atoms with Crippen LogP contribution in [0.25, 0.3) is 0 Å². The molecule has 1 heterocycles. The first-order valence-corrected chi connectivity index (χ1v) is 5.23. The van der Waals surface area contributed by atoms with Crippen molar-refractivity contribution in [1.82, 2.24) is 10.2 Å². The molecule has 7 nitrogen and oxygen atoms in total. The van der Waals surface area contributed by atoms with Crippen LogP contribution >= 0.6 is 23.1 Å². The Bertz CT molecular complexity index is 335. The predicted octanol–water partition coefficient (Wildman–Crippen LogP) is 1.57. The first-order chi connectivity index (χ1) is 7.15. The smallest absolute Gasteiger partial charge is 0.413 e. The van der Waals surface area contributed by atoms with Crippen LogP contribution in [0.1, 0.15) is 0 Å². The number of carbonyl (C=O) groups excluding carboxylic acids is 2. The number of hydrogen-bond acceptors (Lipinski definition) is 8. The van der Waals surface area contributed by atoms with E-state index in [1.54, 1.807) is 0 Å². The van der Waals surface area contributed by atoms with Crippen LogP contribution in [0, 0.1) is 0 Å². The largest absolute Gasteiger partial charge is 0.461 e. The Kier molecular flexibility index (Phi) is 4.31. The first kappa shape index (κ1) is 11.7. The highest BCUT2D eigenvalue weighted by Crippen LogP contribution is 2.26. The zero-order chi connectivity index (χ0) is 11.3. The van der Waals surface area contributed by atoms with E-state index in [4.69, 9.17) is 0 Å². The summed E-state index contributed by atoms with van der Waals surface area (Å²) in [5, 5.41) is 9.36. The molecule has 0 fully saturated rings. The Hall–Kier alpha value is -1.35. The Morgan fingerprint density at radius 2 is 2.07 bits per heavy atom. The van der Waals surface area contributed by atoms with Crippen molar-refractivity contribution in [3.05, 3.63) is 0 Å². The van der Waals surface area contributed by atoms with Gasteiger partial charge in [0, 0.05) is 11.8 Å². The minimum absolute atomic E-state index is 0.258. The van der Waals surface area contributed by atoms with Gasteiger partial charge in [0.15, 0.2) is 4.34 Å². The highest BCUT2D eigenvalue weighted by atomic mass is 32.2. The molecule has 0 saturated carbocycles. The van der Waals surface area contributed by atoms with Gasteiger partial charge in [0.05, 0.1) is 14.2 Å². The first-order valence-electron chi connectivity index (χ1n) is 3.60. The van der Waals surface area contributed by atoms with E-state index < -0.39 is 11.4 Å². The quantitative estimate of drug-likeness (QED) is 0.483. The lowest BCUT2D eigenvalue weighted by Crippen LogP contribution is -2.10. The zero-order valence-corrected chi connectivity index (χ0v) is 9.48. The number of nitrogens with one attached hydrogen (secondary N) is 1. The van der Waals surface area contributed by atoms with Crippen molar-refractivity contribution >= 4 is 39.6 Å². The van der Waals surface area contributed by atoms with Crippen molar-refractivity contribution in [2.75, 3.05) is 19.5 Å². The van der Waals surface area contributed by atoms with Gasteiger partial charge in [0.25, 0.3) is 0 Å². The van der Waals surface area contributed by atoms with Gasteiger partial charge in [-0.05, 0) is 0 Å². The van der Waals surface area contributed by atoms with Gasteiger partial charge >= 0.3 is 11.4 Å². The second-order valence-electron chi connectivity index (χ2n) is 2.05. The standard InChI is InChI=1S/C6H7N3O4S2/c1-12-4(10)7-3-8-9-5(14-3)15-6(11)13-2/h1-2H3,(H,7,8,10). The van der Waals surface area contributed by atoms with Crippen molar-refractivity contribution < 1.29 is 19.1 Å². The van der Waals surface area contributed by atoms with Crippen molar-refractivity contribution in [2.24, 2.45) is 0 Å². The van der Waals surface area contributed by atoms with Gasteiger partial charge in [-0.15, -0.1) is 10.2 Å². The fourth-order valence-electron chi connectivity index (χ4n) is 0.553. The number of carbonyl (C=O) groups is 2. The van der Waals surface area contributed by atoms with E-state index in [0.717, 1.165) is 23.1 Å². The van der Waals surface area contributed by atoms with Crippen LogP contribution in [0.3, 0.4) is 0 Å². The van der Waals surface area contributed by atoms with Crippen LogP contribution in [0.5, 0.6) is 0 Å². The maximum Gasteiger partial charge on any atom is 0.413 e. The number of thioether (sulfide) groups is 1. The van der Waals surface area contributed by atoms with E-state index >= 15 is 0 Å². The van der Waals surface area contributed by atoms with E-state index in [0.29, 0.717) is 4.34 Å². The second-order valence-corrected chi connectivity index (χ2v) is 4.21. The Morgan fingerprint density at radius 1 is 1.33 bits per heavy atom. The van der Waals surface area contributed by atoms with Crippen molar-refractivity contribution in [3.8, 4) is 0 Å². The third-order valence-corrected chi connectivity index (χ3v) is 2.86. The molecule has 0 spiro atoms. The van der Waals surface area contributed by atoms with Crippen LogP contribution in [0.2, 0.25) is 0 Å². The number of anilines is 1. The van der Waals surface area contributed by atoms with Gasteiger partial charge in [0.2, 0.25) is 5.13 Å². The number of hydrogen-bond donors (Lipinski definition) is 1. The molecule has 1 aromatic heterocycles. The summed E-state index contributed by atoms with van der Waals surface area (Å²) in [6.07, 6.45) is -0.638. The number of amides is 1. The topological polar surface area (TPSA) is 90.4 Å². The summed E-state index contributed by atoms with van der Waals surface area (Å²) in [6.45, 7) is 0. The Morgan fingerprint density at radius 3 is 2.67 bits per heavy atom. The van der Waals surface area contributed by atoms with E-state index in [2.05, 4.69) is 25.0 Å². The fraction of sp³-hybridized carbons (Fsp3) is 0.333. The molecular weight excluding hydrogens is 242 g/mol. The fourth-order valence-corrected chi connectivity index (χ4v) is 1.93. The van der Waals surface area contributed by atoms with Crippen LogP contribution < -0.4 is 5.32 Å². The van der Waals surface area contributed by atoms with Crippen molar-refractivity contribution in [2.45, 2.75) is 4.34 Å². The lowest BCUT2D eigenvalue weighted by atomic mass is 11.0. The molecule has 0 radical (unpaired) electrons. The van der Waals surface area contributed by atoms with E-state index in [-0.39, 0.29) is 5.13 Å². The van der Waals surface area contributed by atoms with Crippen LogP contribution in [0.4, 0.5) is 14.7 Å². The summed E-state index contributed by atoms with van der Waals surface area (Å²) >= 11 is 1.84. The zero-order valence-electron chi connectivity index (χ0n) is 7.84. The molecule has 0 saturated heterocycles. The summed E-state index contributed by atoms with van der Waals surface area (Å²) in [7, 11) is 2.50. The van der Waals surface area contributed by atoms with E-state index in [1.165, 1.54) is 14.2 Å². The lowest BCUT2D eigenvalue weighted by Gasteiger charge is -1.95. The number of rotatable bonds is 2. The molecule has 0 unspecified atom stereocenters. The van der Waals surface area contributed by atoms with Crippen LogP contribution in [-0.2, 0) is 9.47 Å². The molecule has 1 aromatic rings. The molecule has 1 rings (SSSR count). The highest BCUT2D eigenvalue weighted by Gasteiger charge is 2.11. The SMILES string of the molecule is COC(=O)Nc1nnc(SC(=O)OC)s1. The third kappa shape index (κ3) is 3.72. The van der Waals surface area contributed by atoms with Gasteiger partial charge in [-0.1, -0.05) is 11.3 Å². The van der Waals surface area contributed by atoms with Gasteiger partial charge in [0.1, 0.15) is 0 Å². The average molecular weight is 249 g/mol. The van der Waals surface area contributed by atoms with Gasteiger partial charge in [-0.2, -0.15) is 0 Å². The molecule has 82 valence electrons. The summed E-state index contributed by atoms with van der Waals surface area (Å²) in [5.74, 6) is 0. The van der Waals surface area contributed by atoms with Gasteiger partial charge in [-0.25, -0.2) is 9.59 Å². The normalized spacial score (nSPS) is 9.47. The van der Waals surface area contributed by atoms with Gasteiger partial charge < -0.3 is 9.47 Å². The monoisotopic (exact) mass is 249 g/mol. The predicted molar refractivity (Wildman–Crippen MR) is 54.2 cm³/mol. The number of aromatic nitrogens is 2. The second kappa shape index (κ2) is 5.51. The number of ether oxygens (including phenoxy) is 2. The molecule has 0 aliphatic heterocycles. The summed E-state index contributed by atoms with van der Waals surface area (Å²) in [6, 6.07) is 0. The van der Waals surface area contributed by atoms with E-state index in [9.17, 15) is 9.59 Å². The number of methoxy groups -OCH3 is 2. The van der Waals surface area contributed by atoms with E-state index in [1.807, 2.05) is 0 Å². The Balaban J connectivity index is 2.56. The molecule has 9 heteroatoms. The molecule has 15 heavy (non-hydrogen) atoms. The molecule has 0 aliphatic carbocycles. The maximum atomic E-state index is 10.8. The molecule has 1 N–H and O–H groups in total. The summed E-state index contributed by atoms with van der Waals surface area (Å²) in [5.41, 5.74) is 0. The molecule has 0 bridgehead atoms. The Labute approximate surface area is 93.2 Å². The number of nitrogens with zero attached hydrogens (tertiary/aromatic N) is 2. The van der Waals surface area contributed by atoms with Crippen LogP contribution in [-0.4, -0.2) is 35.8 Å². The molecular formula is C6H7N3O4S2. The highest BCUT2D eigenvalue weighted by molar-refractivity contribution is 8.14. The summed E-state index contributed by atoms with van der Waals surface area (Å²) in [4.78, 5) is 21.6. The van der Waals surface area contributed by atoms with Crippen molar-refractivity contribution in [1.29, 1.82) is 0 Å². The summed E-state index contributed by atoms with van der Waals surface area (Å²) < 4.78 is 9.16. The molecule has 0 aromatic carbocycles. The average Bonchev–Trinajstić information content (AvgIpc) is 2.65. The van der Waals surface area contributed by atoms with Crippen LogP contribution in [0.15, 0.2) is 4.34 Å².